The number of hydrogen-bond acceptors (Lipinski definition) is 5. The molecule has 0 unspecified atom stereocenters. The smallest absolute Gasteiger partial charge is 0.291 e. The van der Waals surface area contributed by atoms with Gasteiger partial charge < -0.3 is 10.1 Å². The Labute approximate surface area is 155 Å². The molecule has 0 aliphatic rings. The Kier molecular flexibility index (Phi) is 5.73. The van der Waals surface area contributed by atoms with Crippen molar-refractivity contribution in [1.82, 2.24) is 19.5 Å². The van der Waals surface area contributed by atoms with Crippen molar-refractivity contribution in [3.8, 4) is 0 Å². The number of amides is 1. The van der Waals surface area contributed by atoms with Crippen LogP contribution in [0.3, 0.4) is 0 Å². The summed E-state index contributed by atoms with van der Waals surface area (Å²) in [5, 5.41) is 9.32. The number of rotatable bonds is 8. The van der Waals surface area contributed by atoms with Crippen molar-refractivity contribution in [2.24, 2.45) is 0 Å². The molecule has 3 aromatic rings. The van der Waals surface area contributed by atoms with E-state index < -0.39 is 6.04 Å². The molecule has 0 fully saturated rings. The van der Waals surface area contributed by atoms with Crippen LogP contribution < -0.4 is 10.9 Å². The number of fused-ring (bicyclic) bond motifs is 3. The average molecular weight is 376 g/mol. The molecule has 0 saturated carbocycles. The number of nitrogens with one attached hydrogen (secondary N) is 1. The van der Waals surface area contributed by atoms with Crippen molar-refractivity contribution in [1.29, 1.82) is 0 Å². The summed E-state index contributed by atoms with van der Waals surface area (Å²) < 4.78 is 9.49. The number of carbonyl (C=O) groups is 1. The fraction of sp³-hybridized carbons (Fsp3) is 0.500. The van der Waals surface area contributed by atoms with Crippen LogP contribution in [0.2, 0.25) is 0 Å². The zero-order valence-corrected chi connectivity index (χ0v) is 16.1. The van der Waals surface area contributed by atoms with Gasteiger partial charge in [-0.2, -0.15) is 5.10 Å². The van der Waals surface area contributed by atoms with Crippen LogP contribution in [0.25, 0.3) is 15.7 Å². The zero-order chi connectivity index (χ0) is 18.7. The summed E-state index contributed by atoms with van der Waals surface area (Å²) in [6.45, 7) is 7.47. The second-order valence-corrected chi connectivity index (χ2v) is 7.05. The molecule has 3 rings (SSSR count). The van der Waals surface area contributed by atoms with Crippen molar-refractivity contribution in [2.45, 2.75) is 39.7 Å². The van der Waals surface area contributed by atoms with E-state index in [4.69, 9.17) is 4.74 Å². The number of aromatic nitrogens is 3. The molecule has 8 heteroatoms. The number of aryl methyl sites for hydroxylation is 1. The molecular weight excluding hydrogens is 352 g/mol. The minimum absolute atomic E-state index is 0.185. The van der Waals surface area contributed by atoms with Crippen LogP contribution in [0.5, 0.6) is 0 Å². The van der Waals surface area contributed by atoms with Gasteiger partial charge in [-0.1, -0.05) is 6.92 Å². The molecule has 1 atom stereocenters. The monoisotopic (exact) mass is 376 g/mol. The maximum Gasteiger partial charge on any atom is 0.291 e. The highest BCUT2D eigenvalue weighted by Gasteiger charge is 2.23. The second-order valence-electron chi connectivity index (χ2n) is 6.10. The van der Waals surface area contributed by atoms with Crippen molar-refractivity contribution >= 4 is 33.0 Å². The van der Waals surface area contributed by atoms with Gasteiger partial charge >= 0.3 is 0 Å². The molecule has 7 nitrogen and oxygen atoms in total. The molecule has 0 radical (unpaired) electrons. The minimum atomic E-state index is -0.619. The minimum Gasteiger partial charge on any atom is -0.382 e. The van der Waals surface area contributed by atoms with Crippen LogP contribution in [0.4, 0.5) is 0 Å². The maximum atomic E-state index is 13.0. The third-order valence-electron chi connectivity index (χ3n) is 4.38. The van der Waals surface area contributed by atoms with Crippen LogP contribution in [0.15, 0.2) is 22.3 Å². The third kappa shape index (κ3) is 3.39. The molecule has 1 N–H and O–H groups in total. The predicted molar refractivity (Wildman–Crippen MR) is 103 cm³/mol. The highest BCUT2D eigenvalue weighted by Crippen LogP contribution is 2.24. The Morgan fingerprint density at radius 3 is 2.92 bits per heavy atom. The lowest BCUT2D eigenvalue weighted by Crippen LogP contribution is -2.39. The molecule has 26 heavy (non-hydrogen) atoms. The average Bonchev–Trinajstić information content (AvgIpc) is 3.20. The van der Waals surface area contributed by atoms with E-state index in [9.17, 15) is 9.59 Å². The molecule has 3 heterocycles. The lowest BCUT2D eigenvalue weighted by Gasteiger charge is -2.18. The van der Waals surface area contributed by atoms with Crippen molar-refractivity contribution in [2.75, 3.05) is 19.8 Å². The molecule has 3 aromatic heterocycles. The predicted octanol–water partition coefficient (Wildman–Crippen LogP) is 2.51. The Bertz CT molecular complexity index is 972. The van der Waals surface area contributed by atoms with E-state index in [0.29, 0.717) is 37.5 Å². The number of hydrogen-bond donors (Lipinski definition) is 1. The molecular formula is C18H24N4O3S. The van der Waals surface area contributed by atoms with Crippen molar-refractivity contribution < 1.29 is 9.53 Å². The van der Waals surface area contributed by atoms with E-state index in [2.05, 4.69) is 10.4 Å². The van der Waals surface area contributed by atoms with Gasteiger partial charge in [-0.3, -0.25) is 14.0 Å². The summed E-state index contributed by atoms with van der Waals surface area (Å²) in [6.07, 6.45) is 1.24. The largest absolute Gasteiger partial charge is 0.382 e. The highest BCUT2D eigenvalue weighted by atomic mass is 32.1. The van der Waals surface area contributed by atoms with Gasteiger partial charge in [0.25, 0.3) is 5.56 Å². The van der Waals surface area contributed by atoms with Gasteiger partial charge in [-0.25, -0.2) is 4.68 Å². The first kappa shape index (κ1) is 18.6. The number of thiophene rings is 1. The quantitative estimate of drug-likeness (QED) is 0.613. The fourth-order valence-electron chi connectivity index (χ4n) is 3.12. The second kappa shape index (κ2) is 8.01. The Morgan fingerprint density at radius 1 is 1.38 bits per heavy atom. The summed E-state index contributed by atoms with van der Waals surface area (Å²) in [5.41, 5.74) is 1.30. The summed E-state index contributed by atoms with van der Waals surface area (Å²) in [4.78, 5) is 25.5. The Morgan fingerprint density at radius 2 is 2.19 bits per heavy atom. The standard InChI is InChI=1S/C18H24N4O3S/c1-4-13(17(23)19-8-6-9-25-5-2)22-18(24)15-11-16-14(7-10-26-16)21(15)12(3)20-22/h7,10-11,13H,4-6,8-9H2,1-3H3,(H,19,23)/t13-/m0/s1. The first-order valence-electron chi connectivity index (χ1n) is 8.92. The maximum absolute atomic E-state index is 13.0. The van der Waals surface area contributed by atoms with E-state index in [1.54, 1.807) is 11.3 Å². The first-order valence-corrected chi connectivity index (χ1v) is 9.80. The molecule has 0 aliphatic carbocycles. The Balaban J connectivity index is 1.88. The van der Waals surface area contributed by atoms with Crippen LogP contribution >= 0.6 is 11.3 Å². The molecule has 0 aromatic carbocycles. The molecule has 0 bridgehead atoms. The van der Waals surface area contributed by atoms with Crippen molar-refractivity contribution in [3.05, 3.63) is 33.7 Å². The number of ether oxygens (including phenoxy) is 1. The van der Waals surface area contributed by atoms with Gasteiger partial charge in [0, 0.05) is 19.8 Å². The lowest BCUT2D eigenvalue weighted by molar-refractivity contribution is -0.124. The van der Waals surface area contributed by atoms with Crippen LogP contribution in [-0.4, -0.2) is 39.8 Å². The topological polar surface area (TPSA) is 77.6 Å². The molecule has 0 aliphatic heterocycles. The zero-order valence-electron chi connectivity index (χ0n) is 15.3. The van der Waals surface area contributed by atoms with Gasteiger partial charge in [-0.15, -0.1) is 11.3 Å². The van der Waals surface area contributed by atoms with Crippen LogP contribution in [-0.2, 0) is 9.53 Å². The molecule has 140 valence electrons. The summed E-state index contributed by atoms with van der Waals surface area (Å²) in [6, 6.07) is 3.24. The van der Waals surface area contributed by atoms with Gasteiger partial charge in [0.05, 0.1) is 10.2 Å². The molecule has 0 spiro atoms. The SMILES string of the molecule is CCOCCCNC(=O)[C@H](CC)n1nc(C)n2c(cc3sccc32)c1=O. The van der Waals surface area contributed by atoms with Gasteiger partial charge in [-0.05, 0) is 44.2 Å². The highest BCUT2D eigenvalue weighted by molar-refractivity contribution is 7.17. The normalized spacial score (nSPS) is 12.7. The fourth-order valence-corrected chi connectivity index (χ4v) is 3.93. The van der Waals surface area contributed by atoms with Gasteiger partial charge in [0.15, 0.2) is 0 Å². The summed E-state index contributed by atoms with van der Waals surface area (Å²) in [5.74, 6) is 0.506. The first-order chi connectivity index (χ1) is 12.6. The number of carbonyl (C=O) groups excluding carboxylic acids is 1. The van der Waals surface area contributed by atoms with E-state index in [1.807, 2.05) is 42.7 Å². The van der Waals surface area contributed by atoms with Crippen molar-refractivity contribution in [3.63, 3.8) is 0 Å². The van der Waals surface area contributed by atoms with Crippen LogP contribution in [0.1, 0.15) is 38.6 Å². The van der Waals surface area contributed by atoms with E-state index >= 15 is 0 Å². The summed E-state index contributed by atoms with van der Waals surface area (Å²) in [7, 11) is 0. The van der Waals surface area contributed by atoms with E-state index in [-0.39, 0.29) is 11.5 Å². The van der Waals surface area contributed by atoms with E-state index in [1.165, 1.54) is 4.68 Å². The van der Waals surface area contributed by atoms with Gasteiger partial charge in [0.1, 0.15) is 17.4 Å². The molecule has 0 saturated heterocycles. The lowest BCUT2D eigenvalue weighted by atomic mass is 10.2. The third-order valence-corrected chi connectivity index (χ3v) is 5.23. The number of nitrogens with zero attached hydrogens (tertiary/aromatic N) is 3. The van der Waals surface area contributed by atoms with Gasteiger partial charge in [0.2, 0.25) is 5.91 Å². The molecule has 1 amide bonds. The van der Waals surface area contributed by atoms with Crippen LogP contribution in [0, 0.1) is 6.92 Å². The summed E-state index contributed by atoms with van der Waals surface area (Å²) >= 11 is 1.59. The van der Waals surface area contributed by atoms with E-state index in [0.717, 1.165) is 16.6 Å². The Hall–Kier alpha value is -2.19.